The molecule has 0 spiro atoms. The predicted molar refractivity (Wildman–Crippen MR) is 78.0 cm³/mol. The molecule has 102 valence electrons. The van der Waals surface area contributed by atoms with Gasteiger partial charge in [-0.1, -0.05) is 50.6 Å². The molecule has 0 saturated carbocycles. The van der Waals surface area contributed by atoms with Crippen molar-refractivity contribution in [3.8, 4) is 0 Å². The van der Waals surface area contributed by atoms with Gasteiger partial charge in [0.05, 0.1) is 6.61 Å². The second-order valence-corrected chi connectivity index (χ2v) is 4.88. The third kappa shape index (κ3) is 4.11. The van der Waals surface area contributed by atoms with Crippen LogP contribution in [-0.2, 0) is 4.74 Å². The third-order valence-corrected chi connectivity index (χ3v) is 3.75. The fourth-order valence-electron chi connectivity index (χ4n) is 2.50. The van der Waals surface area contributed by atoms with Gasteiger partial charge in [0, 0.05) is 18.6 Å². The number of hydrogen-bond donors (Lipinski definition) is 1. The molecule has 2 heteroatoms. The van der Waals surface area contributed by atoms with Crippen LogP contribution in [0, 0.1) is 5.92 Å². The van der Waals surface area contributed by atoms with E-state index < -0.39 is 0 Å². The number of likely N-dealkylation sites (N-methyl/N-ethyl adjacent to an activating group) is 1. The lowest BCUT2D eigenvalue weighted by Crippen LogP contribution is -2.39. The summed E-state index contributed by atoms with van der Waals surface area (Å²) in [7, 11) is 2.03. The average Bonchev–Trinajstić information content (AvgIpc) is 2.43. The normalized spacial score (nSPS) is 16.2. The Morgan fingerprint density at radius 3 is 2.33 bits per heavy atom. The van der Waals surface area contributed by atoms with E-state index in [4.69, 9.17) is 4.74 Å². The van der Waals surface area contributed by atoms with Crippen LogP contribution in [0.3, 0.4) is 0 Å². The van der Waals surface area contributed by atoms with Gasteiger partial charge >= 0.3 is 0 Å². The lowest BCUT2D eigenvalue weighted by atomic mass is 9.80. The lowest BCUT2D eigenvalue weighted by Gasteiger charge is -2.31. The zero-order chi connectivity index (χ0) is 13.4. The van der Waals surface area contributed by atoms with Crippen molar-refractivity contribution in [2.45, 2.75) is 39.2 Å². The summed E-state index contributed by atoms with van der Waals surface area (Å²) in [4.78, 5) is 0. The smallest absolute Gasteiger partial charge is 0.0625 e. The Bertz CT molecular complexity index is 312. The van der Waals surface area contributed by atoms with E-state index in [2.05, 4.69) is 49.5 Å². The van der Waals surface area contributed by atoms with Gasteiger partial charge in [-0.2, -0.15) is 0 Å². The van der Waals surface area contributed by atoms with Crippen molar-refractivity contribution in [1.29, 1.82) is 0 Å². The van der Waals surface area contributed by atoms with Crippen molar-refractivity contribution in [3.63, 3.8) is 0 Å². The van der Waals surface area contributed by atoms with Crippen LogP contribution in [0.4, 0.5) is 0 Å². The second kappa shape index (κ2) is 8.28. The summed E-state index contributed by atoms with van der Waals surface area (Å²) < 4.78 is 5.62. The van der Waals surface area contributed by atoms with E-state index in [0.717, 1.165) is 13.2 Å². The fraction of sp³-hybridized carbons (Fsp3) is 0.625. The molecule has 0 bridgehead atoms. The molecular formula is C16H27NO. The molecule has 0 radical (unpaired) electrons. The molecule has 0 heterocycles. The van der Waals surface area contributed by atoms with E-state index in [1.165, 1.54) is 12.0 Å². The molecule has 0 aliphatic rings. The molecule has 18 heavy (non-hydrogen) atoms. The largest absolute Gasteiger partial charge is 0.380 e. The van der Waals surface area contributed by atoms with Crippen LogP contribution >= 0.6 is 0 Å². The first-order valence-corrected chi connectivity index (χ1v) is 7.04. The van der Waals surface area contributed by atoms with E-state index in [1.807, 2.05) is 14.0 Å². The molecule has 2 nitrogen and oxygen atoms in total. The van der Waals surface area contributed by atoms with Gasteiger partial charge in [-0.3, -0.25) is 0 Å². The van der Waals surface area contributed by atoms with Gasteiger partial charge in [0.15, 0.2) is 0 Å². The summed E-state index contributed by atoms with van der Waals surface area (Å²) in [5.41, 5.74) is 1.41. The minimum Gasteiger partial charge on any atom is -0.380 e. The molecule has 0 amide bonds. The van der Waals surface area contributed by atoms with Gasteiger partial charge in [-0.05, 0) is 25.5 Å². The maximum atomic E-state index is 5.62. The van der Waals surface area contributed by atoms with Gasteiger partial charge in [0.1, 0.15) is 0 Å². The summed E-state index contributed by atoms with van der Waals surface area (Å²) in [5, 5.41) is 3.43. The van der Waals surface area contributed by atoms with Crippen molar-refractivity contribution in [1.82, 2.24) is 5.32 Å². The van der Waals surface area contributed by atoms with Crippen LogP contribution in [0.1, 0.15) is 38.7 Å². The van der Waals surface area contributed by atoms with Gasteiger partial charge in [0.25, 0.3) is 0 Å². The summed E-state index contributed by atoms with van der Waals surface area (Å²) in [5.74, 6) is 1.15. The summed E-state index contributed by atoms with van der Waals surface area (Å²) >= 11 is 0. The maximum absolute atomic E-state index is 5.62. The Kier molecular flexibility index (Phi) is 6.99. The van der Waals surface area contributed by atoms with Gasteiger partial charge in [0.2, 0.25) is 0 Å². The number of benzene rings is 1. The van der Waals surface area contributed by atoms with Crippen LogP contribution in [0.15, 0.2) is 30.3 Å². The van der Waals surface area contributed by atoms with Crippen LogP contribution in [0.5, 0.6) is 0 Å². The van der Waals surface area contributed by atoms with Crippen LogP contribution in [-0.4, -0.2) is 26.3 Å². The molecule has 3 atom stereocenters. The summed E-state index contributed by atoms with van der Waals surface area (Å²) in [6, 6.07) is 11.2. The molecule has 1 rings (SSSR count). The lowest BCUT2D eigenvalue weighted by molar-refractivity contribution is 0.108. The van der Waals surface area contributed by atoms with Crippen molar-refractivity contribution in [2.75, 3.05) is 20.3 Å². The molecule has 1 N–H and O–H groups in total. The summed E-state index contributed by atoms with van der Waals surface area (Å²) in [6.07, 6.45) is 1.18. The Hall–Kier alpha value is -0.860. The van der Waals surface area contributed by atoms with Gasteiger partial charge < -0.3 is 10.1 Å². The molecule has 0 aliphatic heterocycles. The quantitative estimate of drug-likeness (QED) is 0.762. The summed E-state index contributed by atoms with van der Waals surface area (Å²) in [6.45, 7) is 8.19. The zero-order valence-electron chi connectivity index (χ0n) is 12.1. The van der Waals surface area contributed by atoms with Gasteiger partial charge in [-0.15, -0.1) is 0 Å². The van der Waals surface area contributed by atoms with E-state index >= 15 is 0 Å². The predicted octanol–water partition coefficient (Wildman–Crippen LogP) is 3.44. The molecule has 3 unspecified atom stereocenters. The van der Waals surface area contributed by atoms with Crippen LogP contribution in [0.25, 0.3) is 0 Å². The molecule has 0 aromatic heterocycles. The monoisotopic (exact) mass is 249 g/mol. The number of rotatable bonds is 8. The highest BCUT2D eigenvalue weighted by atomic mass is 16.5. The first-order chi connectivity index (χ1) is 8.74. The van der Waals surface area contributed by atoms with Crippen molar-refractivity contribution in [3.05, 3.63) is 35.9 Å². The van der Waals surface area contributed by atoms with E-state index in [-0.39, 0.29) is 0 Å². The fourth-order valence-corrected chi connectivity index (χ4v) is 2.50. The molecule has 1 aromatic carbocycles. The van der Waals surface area contributed by atoms with Crippen LogP contribution < -0.4 is 5.32 Å². The van der Waals surface area contributed by atoms with Crippen molar-refractivity contribution >= 4 is 0 Å². The number of hydrogen-bond acceptors (Lipinski definition) is 2. The topological polar surface area (TPSA) is 21.3 Å². The number of nitrogens with one attached hydrogen (secondary N) is 1. The zero-order valence-corrected chi connectivity index (χ0v) is 12.1. The third-order valence-electron chi connectivity index (χ3n) is 3.75. The molecule has 0 fully saturated rings. The molecule has 0 aliphatic carbocycles. The van der Waals surface area contributed by atoms with E-state index in [1.54, 1.807) is 0 Å². The van der Waals surface area contributed by atoms with Gasteiger partial charge in [-0.25, -0.2) is 0 Å². The Morgan fingerprint density at radius 2 is 1.83 bits per heavy atom. The van der Waals surface area contributed by atoms with Crippen LogP contribution in [0.2, 0.25) is 0 Å². The van der Waals surface area contributed by atoms with Crippen molar-refractivity contribution in [2.24, 2.45) is 5.92 Å². The highest BCUT2D eigenvalue weighted by Gasteiger charge is 2.26. The van der Waals surface area contributed by atoms with E-state index in [9.17, 15) is 0 Å². The minimum absolute atomic E-state index is 0.377. The molecule has 0 saturated heterocycles. The Morgan fingerprint density at radius 1 is 1.17 bits per heavy atom. The Labute approximate surface area is 112 Å². The van der Waals surface area contributed by atoms with E-state index in [0.29, 0.717) is 17.9 Å². The standard InChI is InChI=1S/C16H27NO/c1-5-13(3)16(14-10-8-7-9-11-14)15(17-4)12-18-6-2/h7-11,13,15-17H,5-6,12H2,1-4H3. The van der Waals surface area contributed by atoms with Crippen molar-refractivity contribution < 1.29 is 4.74 Å². The molecule has 1 aromatic rings. The first-order valence-electron chi connectivity index (χ1n) is 7.04. The molecular weight excluding hydrogens is 222 g/mol. The Balaban J connectivity index is 2.89. The SMILES string of the molecule is CCOCC(NC)C(c1ccccc1)C(C)CC. The highest BCUT2D eigenvalue weighted by Crippen LogP contribution is 2.30. The second-order valence-electron chi connectivity index (χ2n) is 4.88. The minimum atomic E-state index is 0.377. The average molecular weight is 249 g/mol. The highest BCUT2D eigenvalue weighted by molar-refractivity contribution is 5.22. The maximum Gasteiger partial charge on any atom is 0.0625 e. The first kappa shape index (κ1) is 15.2. The number of ether oxygens (including phenoxy) is 1.